The predicted octanol–water partition coefficient (Wildman–Crippen LogP) is 4.10. The van der Waals surface area contributed by atoms with Crippen LogP contribution in [0.15, 0.2) is 29.1 Å². The minimum absolute atomic E-state index is 0.225. The summed E-state index contributed by atoms with van der Waals surface area (Å²) in [5.41, 5.74) is 0.549. The molecular weight excluding hydrogens is 419 g/mol. The third kappa shape index (κ3) is 3.49. The Bertz CT molecular complexity index is 1260. The van der Waals surface area contributed by atoms with Gasteiger partial charge in [0.05, 0.1) is 28.8 Å². The molecule has 0 spiro atoms. The van der Waals surface area contributed by atoms with Crippen molar-refractivity contribution < 1.29 is 9.13 Å². The van der Waals surface area contributed by atoms with Crippen LogP contribution in [-0.4, -0.2) is 39.8 Å². The van der Waals surface area contributed by atoms with E-state index in [1.54, 1.807) is 26.1 Å². The Morgan fingerprint density at radius 1 is 1.26 bits per heavy atom. The van der Waals surface area contributed by atoms with E-state index in [-0.39, 0.29) is 27.4 Å². The fourth-order valence-corrected chi connectivity index (χ4v) is 4.61. The summed E-state index contributed by atoms with van der Waals surface area (Å²) in [5.74, 6) is 1.29. The number of pyridine rings is 1. The van der Waals surface area contributed by atoms with Crippen molar-refractivity contribution in [3.63, 3.8) is 0 Å². The number of halogens is 2. The number of aryl methyl sites for hydroxylation is 1. The molecule has 31 heavy (non-hydrogen) atoms. The van der Waals surface area contributed by atoms with Crippen LogP contribution in [-0.2, 0) is 11.8 Å². The minimum Gasteiger partial charge on any atom is -0.371 e. The van der Waals surface area contributed by atoms with Gasteiger partial charge < -0.3 is 9.64 Å². The van der Waals surface area contributed by atoms with Crippen molar-refractivity contribution >= 4 is 28.3 Å². The number of hydrogen-bond donors (Lipinski definition) is 0. The standard InChI is InChI=1S/C23H24ClFN4O2/c1-13-26-18-11-19(29-8-9-31-23(2,12-29)14-4-5-14)27-21(20(18)22(30)28(13)3)16-7-6-15(24)10-17(16)25/h6-7,10-11,14H,4-5,8-9,12H2,1-3H3. The third-order valence-electron chi connectivity index (χ3n) is 6.52. The summed E-state index contributed by atoms with van der Waals surface area (Å²) >= 11 is 5.96. The predicted molar refractivity (Wildman–Crippen MR) is 119 cm³/mol. The number of rotatable bonds is 3. The molecule has 1 atom stereocenters. The molecular formula is C23H24ClFN4O2. The lowest BCUT2D eigenvalue weighted by atomic mass is 9.97. The normalized spacial score (nSPS) is 21.6. The van der Waals surface area contributed by atoms with Crippen molar-refractivity contribution in [2.24, 2.45) is 13.0 Å². The second kappa shape index (κ2) is 7.28. The van der Waals surface area contributed by atoms with Crippen LogP contribution in [0.2, 0.25) is 5.02 Å². The van der Waals surface area contributed by atoms with Crippen LogP contribution >= 0.6 is 11.6 Å². The average Bonchev–Trinajstić information content (AvgIpc) is 3.57. The molecule has 1 saturated heterocycles. The first-order chi connectivity index (χ1) is 14.8. The van der Waals surface area contributed by atoms with Crippen LogP contribution in [0.3, 0.4) is 0 Å². The molecule has 2 fully saturated rings. The van der Waals surface area contributed by atoms with Crippen molar-refractivity contribution in [1.82, 2.24) is 14.5 Å². The second-order valence-corrected chi connectivity index (χ2v) is 9.16. The lowest BCUT2D eigenvalue weighted by molar-refractivity contribution is -0.0577. The van der Waals surface area contributed by atoms with Crippen LogP contribution in [0.1, 0.15) is 25.6 Å². The molecule has 162 valence electrons. The van der Waals surface area contributed by atoms with E-state index in [1.807, 2.05) is 6.07 Å². The summed E-state index contributed by atoms with van der Waals surface area (Å²) in [6.45, 7) is 5.90. The van der Waals surface area contributed by atoms with Gasteiger partial charge in [0.15, 0.2) is 0 Å². The Hall–Kier alpha value is -2.51. The van der Waals surface area contributed by atoms with E-state index < -0.39 is 5.82 Å². The van der Waals surface area contributed by atoms with Crippen LogP contribution in [0.25, 0.3) is 22.2 Å². The highest BCUT2D eigenvalue weighted by molar-refractivity contribution is 6.30. The zero-order valence-electron chi connectivity index (χ0n) is 17.8. The summed E-state index contributed by atoms with van der Waals surface area (Å²) in [7, 11) is 1.66. The molecule has 5 rings (SSSR count). The maximum absolute atomic E-state index is 14.9. The van der Waals surface area contributed by atoms with Crippen molar-refractivity contribution in [1.29, 1.82) is 0 Å². The fourth-order valence-electron chi connectivity index (χ4n) is 4.45. The monoisotopic (exact) mass is 442 g/mol. The van der Waals surface area contributed by atoms with Gasteiger partial charge in [0.25, 0.3) is 5.56 Å². The number of ether oxygens (including phenoxy) is 1. The summed E-state index contributed by atoms with van der Waals surface area (Å²) in [6, 6.07) is 6.24. The van der Waals surface area contributed by atoms with E-state index >= 15 is 0 Å². The molecule has 0 bridgehead atoms. The molecule has 1 aliphatic carbocycles. The first kappa shape index (κ1) is 20.4. The minimum atomic E-state index is -0.522. The number of hydrogen-bond acceptors (Lipinski definition) is 5. The van der Waals surface area contributed by atoms with Crippen LogP contribution in [0, 0.1) is 18.7 Å². The highest BCUT2D eigenvalue weighted by atomic mass is 35.5. The van der Waals surface area contributed by atoms with Gasteiger partial charge in [0.2, 0.25) is 0 Å². The molecule has 2 aromatic heterocycles. The van der Waals surface area contributed by atoms with E-state index in [4.69, 9.17) is 21.3 Å². The number of morpholine rings is 1. The Morgan fingerprint density at radius 2 is 2.03 bits per heavy atom. The lowest BCUT2D eigenvalue weighted by Gasteiger charge is -2.41. The molecule has 1 unspecified atom stereocenters. The van der Waals surface area contributed by atoms with Crippen molar-refractivity contribution in [2.75, 3.05) is 24.6 Å². The molecule has 6 nitrogen and oxygen atoms in total. The van der Waals surface area contributed by atoms with E-state index in [0.717, 1.165) is 0 Å². The van der Waals surface area contributed by atoms with Crippen molar-refractivity contribution in [3.05, 3.63) is 51.3 Å². The molecule has 2 aliphatic rings. The second-order valence-electron chi connectivity index (χ2n) is 8.73. The molecule has 8 heteroatoms. The van der Waals surface area contributed by atoms with Gasteiger partial charge in [-0.2, -0.15) is 0 Å². The third-order valence-corrected chi connectivity index (χ3v) is 6.76. The van der Waals surface area contributed by atoms with Gasteiger partial charge in [0.1, 0.15) is 17.5 Å². The first-order valence-corrected chi connectivity index (χ1v) is 10.9. The molecule has 1 aromatic carbocycles. The number of fused-ring (bicyclic) bond motifs is 1. The quantitative estimate of drug-likeness (QED) is 0.611. The maximum atomic E-state index is 14.9. The van der Waals surface area contributed by atoms with Crippen LogP contribution in [0.4, 0.5) is 10.2 Å². The zero-order chi connectivity index (χ0) is 21.9. The Kier molecular flexibility index (Phi) is 4.79. The topological polar surface area (TPSA) is 60.2 Å². The smallest absolute Gasteiger partial charge is 0.263 e. The van der Waals surface area contributed by atoms with Crippen molar-refractivity contribution in [2.45, 2.75) is 32.3 Å². The highest BCUT2D eigenvalue weighted by Crippen LogP contribution is 2.44. The van der Waals surface area contributed by atoms with Gasteiger partial charge in [-0.25, -0.2) is 14.4 Å². The summed E-state index contributed by atoms with van der Waals surface area (Å²) in [4.78, 5) is 24.7. The van der Waals surface area contributed by atoms with E-state index in [1.165, 1.54) is 23.5 Å². The van der Waals surface area contributed by atoms with Gasteiger partial charge in [-0.1, -0.05) is 11.6 Å². The van der Waals surface area contributed by atoms with E-state index in [0.29, 0.717) is 48.2 Å². The number of benzene rings is 1. The Labute approximate surface area is 184 Å². The number of aromatic nitrogens is 3. The van der Waals surface area contributed by atoms with Gasteiger partial charge >= 0.3 is 0 Å². The number of anilines is 1. The molecule has 1 saturated carbocycles. The number of nitrogens with zero attached hydrogens (tertiary/aromatic N) is 4. The molecule has 3 heterocycles. The molecule has 0 N–H and O–H groups in total. The molecule has 3 aromatic rings. The Balaban J connectivity index is 1.72. The lowest BCUT2D eigenvalue weighted by Crippen LogP contribution is -2.51. The van der Waals surface area contributed by atoms with Gasteiger partial charge in [-0.3, -0.25) is 9.36 Å². The first-order valence-electron chi connectivity index (χ1n) is 10.5. The Morgan fingerprint density at radius 3 is 2.74 bits per heavy atom. The SMILES string of the molecule is Cc1nc2cc(N3CCOC(C)(C4CC4)C3)nc(-c3ccc(Cl)cc3F)c2c(=O)n1C. The van der Waals surface area contributed by atoms with E-state index in [2.05, 4.69) is 16.8 Å². The summed E-state index contributed by atoms with van der Waals surface area (Å²) in [5, 5.41) is 0.591. The summed E-state index contributed by atoms with van der Waals surface area (Å²) < 4.78 is 22.5. The van der Waals surface area contributed by atoms with Crippen LogP contribution < -0.4 is 10.5 Å². The molecule has 0 radical (unpaired) electrons. The van der Waals surface area contributed by atoms with Gasteiger partial charge in [0, 0.05) is 36.8 Å². The highest BCUT2D eigenvalue weighted by Gasteiger charge is 2.45. The average molecular weight is 443 g/mol. The van der Waals surface area contributed by atoms with Gasteiger partial charge in [-0.15, -0.1) is 0 Å². The molecule has 0 amide bonds. The van der Waals surface area contributed by atoms with Gasteiger partial charge in [-0.05, 0) is 50.8 Å². The van der Waals surface area contributed by atoms with Crippen molar-refractivity contribution in [3.8, 4) is 11.3 Å². The van der Waals surface area contributed by atoms with E-state index in [9.17, 15) is 9.18 Å². The zero-order valence-corrected chi connectivity index (χ0v) is 18.5. The van der Waals surface area contributed by atoms with Crippen LogP contribution in [0.5, 0.6) is 0 Å². The largest absolute Gasteiger partial charge is 0.371 e. The summed E-state index contributed by atoms with van der Waals surface area (Å²) in [6.07, 6.45) is 2.35. The maximum Gasteiger partial charge on any atom is 0.263 e. The fraction of sp³-hybridized carbons (Fsp3) is 0.435. The molecule has 1 aliphatic heterocycles.